The molecular weight excluding hydrogens is 180 g/mol. The highest BCUT2D eigenvalue weighted by molar-refractivity contribution is 5.81. The quantitative estimate of drug-likeness (QED) is 0.708. The number of carbonyl (C=O) groups is 1. The molecule has 0 saturated carbocycles. The molecular formula is C9H14N4O. The minimum absolute atomic E-state index is 0.123. The standard InChI is InChI=1S/C9H14N4O/c1-7(10-2)9(14)12-5-8-3-4-11-13(8)6-12/h3-4,7,10H,5-6H2,1-2H3. The summed E-state index contributed by atoms with van der Waals surface area (Å²) < 4.78 is 1.85. The van der Waals surface area contributed by atoms with Crippen LogP contribution in [0.1, 0.15) is 12.6 Å². The van der Waals surface area contributed by atoms with Crippen molar-refractivity contribution < 1.29 is 4.79 Å². The normalized spacial score (nSPS) is 16.9. The van der Waals surface area contributed by atoms with Crippen molar-refractivity contribution in [1.82, 2.24) is 20.0 Å². The Bertz CT molecular complexity index is 326. The van der Waals surface area contributed by atoms with Crippen LogP contribution in [0.2, 0.25) is 0 Å². The summed E-state index contributed by atoms with van der Waals surface area (Å²) in [6.45, 7) is 3.11. The van der Waals surface area contributed by atoms with E-state index in [1.54, 1.807) is 18.1 Å². The van der Waals surface area contributed by atoms with Crippen LogP contribution >= 0.6 is 0 Å². The van der Waals surface area contributed by atoms with Gasteiger partial charge in [-0.05, 0) is 20.0 Å². The SMILES string of the molecule is CNC(C)C(=O)N1Cc2ccnn2C1. The van der Waals surface area contributed by atoms with Gasteiger partial charge in [0, 0.05) is 6.20 Å². The predicted molar refractivity (Wildman–Crippen MR) is 51.3 cm³/mol. The van der Waals surface area contributed by atoms with Crippen LogP contribution in [0.3, 0.4) is 0 Å². The molecule has 14 heavy (non-hydrogen) atoms. The Hall–Kier alpha value is -1.36. The number of carbonyl (C=O) groups excluding carboxylic acids is 1. The Labute approximate surface area is 82.7 Å². The van der Waals surface area contributed by atoms with Crippen molar-refractivity contribution in [2.45, 2.75) is 26.2 Å². The average Bonchev–Trinajstić information content (AvgIpc) is 2.74. The van der Waals surface area contributed by atoms with E-state index in [9.17, 15) is 4.79 Å². The van der Waals surface area contributed by atoms with Crippen molar-refractivity contribution >= 4 is 5.91 Å². The van der Waals surface area contributed by atoms with Gasteiger partial charge in [-0.15, -0.1) is 0 Å². The maximum absolute atomic E-state index is 11.8. The van der Waals surface area contributed by atoms with Gasteiger partial charge < -0.3 is 10.2 Å². The largest absolute Gasteiger partial charge is 0.316 e. The maximum atomic E-state index is 11.8. The summed E-state index contributed by atoms with van der Waals surface area (Å²) in [7, 11) is 1.79. The summed E-state index contributed by atoms with van der Waals surface area (Å²) >= 11 is 0. The molecule has 0 aromatic carbocycles. The number of nitrogens with one attached hydrogen (secondary N) is 1. The van der Waals surface area contributed by atoms with E-state index < -0.39 is 0 Å². The number of fused-ring (bicyclic) bond motifs is 1. The van der Waals surface area contributed by atoms with Gasteiger partial charge in [-0.25, -0.2) is 4.68 Å². The molecule has 0 radical (unpaired) electrons. The maximum Gasteiger partial charge on any atom is 0.241 e. The molecule has 1 unspecified atom stereocenters. The minimum Gasteiger partial charge on any atom is -0.316 e. The fourth-order valence-electron chi connectivity index (χ4n) is 1.57. The second-order valence-corrected chi connectivity index (χ2v) is 3.51. The molecule has 1 aliphatic heterocycles. The number of hydrogen-bond acceptors (Lipinski definition) is 3. The second-order valence-electron chi connectivity index (χ2n) is 3.51. The molecule has 1 amide bonds. The molecule has 5 heteroatoms. The first kappa shape index (κ1) is 9.21. The smallest absolute Gasteiger partial charge is 0.241 e. The molecule has 2 heterocycles. The van der Waals surface area contributed by atoms with E-state index in [-0.39, 0.29) is 11.9 Å². The van der Waals surface area contributed by atoms with Crippen LogP contribution in [-0.2, 0) is 18.0 Å². The highest BCUT2D eigenvalue weighted by Gasteiger charge is 2.25. The van der Waals surface area contributed by atoms with Crippen LogP contribution in [0.25, 0.3) is 0 Å². The van der Waals surface area contributed by atoms with E-state index >= 15 is 0 Å². The lowest BCUT2D eigenvalue weighted by Gasteiger charge is -2.19. The third kappa shape index (κ3) is 1.39. The topological polar surface area (TPSA) is 50.2 Å². The van der Waals surface area contributed by atoms with Gasteiger partial charge in [-0.3, -0.25) is 4.79 Å². The van der Waals surface area contributed by atoms with E-state index in [2.05, 4.69) is 10.4 Å². The monoisotopic (exact) mass is 194 g/mol. The minimum atomic E-state index is -0.125. The Balaban J connectivity index is 2.04. The summed E-state index contributed by atoms with van der Waals surface area (Å²) in [4.78, 5) is 13.6. The third-order valence-electron chi connectivity index (χ3n) is 2.58. The van der Waals surface area contributed by atoms with Crippen molar-refractivity contribution in [3.63, 3.8) is 0 Å². The first-order chi connectivity index (χ1) is 6.72. The molecule has 1 aliphatic rings. The highest BCUT2D eigenvalue weighted by Crippen LogP contribution is 2.14. The Kier molecular flexibility index (Phi) is 2.25. The fourth-order valence-corrected chi connectivity index (χ4v) is 1.57. The predicted octanol–water partition coefficient (Wildman–Crippen LogP) is -0.209. The Morgan fingerprint density at radius 3 is 3.14 bits per heavy atom. The van der Waals surface area contributed by atoms with Crippen molar-refractivity contribution in [2.24, 2.45) is 0 Å². The number of nitrogens with zero attached hydrogens (tertiary/aromatic N) is 3. The van der Waals surface area contributed by atoms with Gasteiger partial charge in [0.25, 0.3) is 0 Å². The Morgan fingerprint density at radius 2 is 2.50 bits per heavy atom. The molecule has 0 spiro atoms. The van der Waals surface area contributed by atoms with E-state index in [1.807, 2.05) is 17.7 Å². The zero-order valence-corrected chi connectivity index (χ0v) is 8.40. The van der Waals surface area contributed by atoms with E-state index in [4.69, 9.17) is 0 Å². The molecule has 1 aromatic rings. The molecule has 0 bridgehead atoms. The molecule has 2 rings (SSSR count). The fraction of sp³-hybridized carbons (Fsp3) is 0.556. The van der Waals surface area contributed by atoms with Crippen molar-refractivity contribution in [2.75, 3.05) is 7.05 Å². The van der Waals surface area contributed by atoms with Crippen LogP contribution in [0.4, 0.5) is 0 Å². The van der Waals surface area contributed by atoms with Gasteiger partial charge in [0.15, 0.2) is 0 Å². The van der Waals surface area contributed by atoms with Gasteiger partial charge in [-0.2, -0.15) is 5.10 Å². The number of amides is 1. The lowest BCUT2D eigenvalue weighted by Crippen LogP contribution is -2.41. The highest BCUT2D eigenvalue weighted by atomic mass is 16.2. The first-order valence-electron chi connectivity index (χ1n) is 4.69. The summed E-state index contributed by atoms with van der Waals surface area (Å²) in [5.74, 6) is 0.123. The van der Waals surface area contributed by atoms with Crippen LogP contribution in [-0.4, -0.2) is 33.7 Å². The molecule has 5 nitrogen and oxygen atoms in total. The van der Waals surface area contributed by atoms with Crippen LogP contribution < -0.4 is 5.32 Å². The van der Waals surface area contributed by atoms with E-state index in [0.717, 1.165) is 5.69 Å². The van der Waals surface area contributed by atoms with Gasteiger partial charge in [-0.1, -0.05) is 0 Å². The number of hydrogen-bond donors (Lipinski definition) is 1. The first-order valence-corrected chi connectivity index (χ1v) is 4.69. The third-order valence-corrected chi connectivity index (χ3v) is 2.58. The summed E-state index contributed by atoms with van der Waals surface area (Å²) in [6.07, 6.45) is 1.76. The second kappa shape index (κ2) is 3.42. The van der Waals surface area contributed by atoms with Crippen molar-refractivity contribution in [1.29, 1.82) is 0 Å². The zero-order valence-electron chi connectivity index (χ0n) is 8.40. The molecule has 1 N–H and O–H groups in total. The van der Waals surface area contributed by atoms with Crippen LogP contribution in [0.15, 0.2) is 12.3 Å². The lowest BCUT2D eigenvalue weighted by atomic mass is 10.3. The van der Waals surface area contributed by atoms with Gasteiger partial charge in [0.2, 0.25) is 5.91 Å². The van der Waals surface area contributed by atoms with Crippen molar-refractivity contribution in [3.05, 3.63) is 18.0 Å². The molecule has 0 aliphatic carbocycles. The molecule has 0 fully saturated rings. The number of likely N-dealkylation sites (N-methyl/N-ethyl adjacent to an activating group) is 1. The van der Waals surface area contributed by atoms with Gasteiger partial charge in [0.1, 0.15) is 6.67 Å². The van der Waals surface area contributed by atoms with Gasteiger partial charge in [0.05, 0.1) is 18.3 Å². The average molecular weight is 194 g/mol. The molecule has 1 aromatic heterocycles. The van der Waals surface area contributed by atoms with Crippen molar-refractivity contribution in [3.8, 4) is 0 Å². The summed E-state index contributed by atoms with van der Waals surface area (Å²) in [6, 6.07) is 1.82. The van der Waals surface area contributed by atoms with Crippen LogP contribution in [0, 0.1) is 0 Å². The van der Waals surface area contributed by atoms with E-state index in [1.165, 1.54) is 0 Å². The lowest BCUT2D eigenvalue weighted by molar-refractivity contribution is -0.134. The summed E-state index contributed by atoms with van der Waals surface area (Å²) in [5, 5.41) is 7.06. The van der Waals surface area contributed by atoms with E-state index in [0.29, 0.717) is 13.2 Å². The molecule has 1 atom stereocenters. The molecule has 0 saturated heterocycles. The molecule has 76 valence electrons. The number of rotatable bonds is 2. The zero-order chi connectivity index (χ0) is 10.1. The Morgan fingerprint density at radius 1 is 1.71 bits per heavy atom. The van der Waals surface area contributed by atoms with Gasteiger partial charge >= 0.3 is 0 Å². The van der Waals surface area contributed by atoms with Crippen LogP contribution in [0.5, 0.6) is 0 Å². The summed E-state index contributed by atoms with van der Waals surface area (Å²) in [5.41, 5.74) is 1.10. The number of aromatic nitrogens is 2.